The van der Waals surface area contributed by atoms with Crippen molar-refractivity contribution in [1.29, 1.82) is 0 Å². The maximum atomic E-state index is 12.2. The lowest BCUT2D eigenvalue weighted by Crippen LogP contribution is -2.35. The van der Waals surface area contributed by atoms with E-state index in [-0.39, 0.29) is 11.9 Å². The van der Waals surface area contributed by atoms with Gasteiger partial charge in [-0.25, -0.2) is 4.98 Å². The van der Waals surface area contributed by atoms with E-state index in [1.165, 1.54) is 0 Å². The van der Waals surface area contributed by atoms with Gasteiger partial charge in [0.25, 0.3) is 5.91 Å². The van der Waals surface area contributed by atoms with Crippen LogP contribution in [0.25, 0.3) is 0 Å². The molecule has 20 heavy (non-hydrogen) atoms. The number of amides is 1. The molecular weight excluding hydrogens is 250 g/mol. The molecule has 0 aliphatic carbocycles. The van der Waals surface area contributed by atoms with Gasteiger partial charge in [0.2, 0.25) is 0 Å². The maximum absolute atomic E-state index is 12.2. The third-order valence-electron chi connectivity index (χ3n) is 3.22. The molecule has 1 amide bonds. The molecule has 2 N–H and O–H groups in total. The average molecular weight is 277 g/mol. The molecule has 112 valence electrons. The molecule has 4 heteroatoms. The van der Waals surface area contributed by atoms with E-state index in [4.69, 9.17) is 0 Å². The van der Waals surface area contributed by atoms with Crippen molar-refractivity contribution in [2.45, 2.75) is 58.9 Å². The van der Waals surface area contributed by atoms with Crippen molar-refractivity contribution in [2.24, 2.45) is 0 Å². The first-order valence-corrected chi connectivity index (χ1v) is 7.73. The molecule has 4 nitrogen and oxygen atoms in total. The number of hydrogen-bond donors (Lipinski definition) is 2. The molecule has 1 aromatic heterocycles. The molecule has 0 radical (unpaired) electrons. The highest BCUT2D eigenvalue weighted by Gasteiger charge is 2.14. The lowest BCUT2D eigenvalue weighted by Gasteiger charge is -2.17. The van der Waals surface area contributed by atoms with Gasteiger partial charge in [0.05, 0.1) is 0 Å². The molecule has 1 rings (SSSR count). The second-order valence-electron chi connectivity index (χ2n) is 5.04. The van der Waals surface area contributed by atoms with E-state index in [0.717, 1.165) is 44.5 Å². The Morgan fingerprint density at radius 1 is 1.20 bits per heavy atom. The van der Waals surface area contributed by atoms with Crippen LogP contribution in [-0.4, -0.2) is 23.5 Å². The number of rotatable bonds is 9. The predicted molar refractivity (Wildman–Crippen MR) is 84.1 cm³/mol. The number of carbonyl (C=O) groups excluding carboxylic acids is 1. The number of anilines is 1. The van der Waals surface area contributed by atoms with E-state index in [1.54, 1.807) is 6.07 Å². The maximum Gasteiger partial charge on any atom is 0.270 e. The number of nitrogens with zero attached hydrogens (tertiary/aromatic N) is 1. The zero-order valence-electron chi connectivity index (χ0n) is 12.9. The fourth-order valence-electron chi connectivity index (χ4n) is 2.19. The number of carbonyl (C=O) groups is 1. The van der Waals surface area contributed by atoms with Crippen LogP contribution in [-0.2, 0) is 0 Å². The summed E-state index contributed by atoms with van der Waals surface area (Å²) in [4.78, 5) is 16.6. The molecule has 1 heterocycles. The SMILES string of the molecule is CCCCC(CCC)NC(=O)c1cccc(NCC)n1. The van der Waals surface area contributed by atoms with Gasteiger partial charge in [-0.1, -0.05) is 39.2 Å². The molecule has 0 aliphatic heterocycles. The average Bonchev–Trinajstić information content (AvgIpc) is 2.45. The van der Waals surface area contributed by atoms with Crippen LogP contribution in [0.5, 0.6) is 0 Å². The minimum atomic E-state index is -0.0701. The summed E-state index contributed by atoms with van der Waals surface area (Å²) in [5.41, 5.74) is 0.487. The summed E-state index contributed by atoms with van der Waals surface area (Å²) in [5, 5.41) is 6.23. The number of aromatic nitrogens is 1. The summed E-state index contributed by atoms with van der Waals surface area (Å²) in [6.45, 7) is 7.13. The third-order valence-corrected chi connectivity index (χ3v) is 3.22. The fraction of sp³-hybridized carbons (Fsp3) is 0.625. The molecular formula is C16H27N3O. The Hall–Kier alpha value is -1.58. The molecule has 0 fully saturated rings. The van der Waals surface area contributed by atoms with Crippen molar-refractivity contribution in [3.8, 4) is 0 Å². The molecule has 0 spiro atoms. The lowest BCUT2D eigenvalue weighted by atomic mass is 10.0. The van der Waals surface area contributed by atoms with Crippen molar-refractivity contribution in [2.75, 3.05) is 11.9 Å². The van der Waals surface area contributed by atoms with Crippen LogP contribution < -0.4 is 10.6 Å². The molecule has 0 aliphatic rings. The van der Waals surface area contributed by atoms with E-state index < -0.39 is 0 Å². The van der Waals surface area contributed by atoms with Gasteiger partial charge in [0.15, 0.2) is 0 Å². The normalized spacial score (nSPS) is 11.9. The van der Waals surface area contributed by atoms with E-state index >= 15 is 0 Å². The van der Waals surface area contributed by atoms with Gasteiger partial charge in [-0.05, 0) is 31.9 Å². The number of pyridine rings is 1. The molecule has 1 atom stereocenters. The second kappa shape index (κ2) is 9.34. The second-order valence-corrected chi connectivity index (χ2v) is 5.04. The van der Waals surface area contributed by atoms with E-state index in [1.807, 2.05) is 19.1 Å². The highest BCUT2D eigenvalue weighted by molar-refractivity contribution is 5.92. The van der Waals surface area contributed by atoms with Gasteiger partial charge in [-0.15, -0.1) is 0 Å². The third kappa shape index (κ3) is 5.59. The standard InChI is InChI=1S/C16H27N3O/c1-4-7-10-13(9-5-2)18-16(20)14-11-8-12-15(19-14)17-6-3/h8,11-13H,4-7,9-10H2,1-3H3,(H,17,19)(H,18,20). The van der Waals surface area contributed by atoms with Gasteiger partial charge < -0.3 is 10.6 Å². The van der Waals surface area contributed by atoms with Crippen LogP contribution >= 0.6 is 0 Å². The minimum absolute atomic E-state index is 0.0701. The number of unbranched alkanes of at least 4 members (excludes halogenated alkanes) is 1. The van der Waals surface area contributed by atoms with Gasteiger partial charge in [-0.3, -0.25) is 4.79 Å². The smallest absolute Gasteiger partial charge is 0.270 e. The summed E-state index contributed by atoms with van der Waals surface area (Å²) in [6.07, 6.45) is 5.46. The number of hydrogen-bond acceptors (Lipinski definition) is 3. The van der Waals surface area contributed by atoms with Crippen molar-refractivity contribution in [3.63, 3.8) is 0 Å². The predicted octanol–water partition coefficient (Wildman–Crippen LogP) is 3.60. The molecule has 0 aromatic carbocycles. The Balaban J connectivity index is 2.64. The van der Waals surface area contributed by atoms with Crippen LogP contribution in [0.3, 0.4) is 0 Å². The van der Waals surface area contributed by atoms with E-state index in [0.29, 0.717) is 5.69 Å². The van der Waals surface area contributed by atoms with Crippen molar-refractivity contribution in [1.82, 2.24) is 10.3 Å². The molecule has 0 bridgehead atoms. The highest BCUT2D eigenvalue weighted by atomic mass is 16.1. The summed E-state index contributed by atoms with van der Waals surface area (Å²) >= 11 is 0. The number of nitrogens with one attached hydrogen (secondary N) is 2. The molecule has 0 saturated carbocycles. The topological polar surface area (TPSA) is 54.0 Å². The highest BCUT2D eigenvalue weighted by Crippen LogP contribution is 2.09. The van der Waals surface area contributed by atoms with Gasteiger partial charge in [-0.2, -0.15) is 0 Å². The van der Waals surface area contributed by atoms with Crippen molar-refractivity contribution < 1.29 is 4.79 Å². The molecule has 1 aromatic rings. The Bertz CT molecular complexity index is 406. The van der Waals surface area contributed by atoms with Crippen molar-refractivity contribution >= 4 is 11.7 Å². The minimum Gasteiger partial charge on any atom is -0.370 e. The summed E-state index contributed by atoms with van der Waals surface area (Å²) in [6, 6.07) is 5.76. The first kappa shape index (κ1) is 16.5. The van der Waals surface area contributed by atoms with Crippen LogP contribution in [0.4, 0.5) is 5.82 Å². The Kier molecular flexibility index (Phi) is 7.70. The molecule has 1 unspecified atom stereocenters. The van der Waals surface area contributed by atoms with Crippen LogP contribution in [0, 0.1) is 0 Å². The summed E-state index contributed by atoms with van der Waals surface area (Å²) in [7, 11) is 0. The first-order chi connectivity index (χ1) is 9.71. The van der Waals surface area contributed by atoms with Crippen LogP contribution in [0.15, 0.2) is 18.2 Å². The van der Waals surface area contributed by atoms with E-state index in [2.05, 4.69) is 29.5 Å². The van der Waals surface area contributed by atoms with Crippen LogP contribution in [0.2, 0.25) is 0 Å². The summed E-state index contributed by atoms with van der Waals surface area (Å²) in [5.74, 6) is 0.681. The monoisotopic (exact) mass is 277 g/mol. The zero-order valence-corrected chi connectivity index (χ0v) is 12.9. The van der Waals surface area contributed by atoms with Gasteiger partial charge in [0.1, 0.15) is 11.5 Å². The van der Waals surface area contributed by atoms with Gasteiger partial charge in [0, 0.05) is 12.6 Å². The van der Waals surface area contributed by atoms with Crippen molar-refractivity contribution in [3.05, 3.63) is 23.9 Å². The van der Waals surface area contributed by atoms with Crippen LogP contribution in [0.1, 0.15) is 63.4 Å². The first-order valence-electron chi connectivity index (χ1n) is 7.73. The molecule has 0 saturated heterocycles. The summed E-state index contributed by atoms with van der Waals surface area (Å²) < 4.78 is 0. The fourth-order valence-corrected chi connectivity index (χ4v) is 2.19. The van der Waals surface area contributed by atoms with Gasteiger partial charge >= 0.3 is 0 Å². The largest absolute Gasteiger partial charge is 0.370 e. The Morgan fingerprint density at radius 3 is 2.65 bits per heavy atom. The Labute approximate surface area is 122 Å². The Morgan fingerprint density at radius 2 is 2.00 bits per heavy atom. The quantitative estimate of drug-likeness (QED) is 0.725. The van der Waals surface area contributed by atoms with E-state index in [9.17, 15) is 4.79 Å². The zero-order chi connectivity index (χ0) is 14.8. The lowest BCUT2D eigenvalue weighted by molar-refractivity contribution is 0.0927.